The molecule has 1 aromatic carbocycles. The SMILES string of the molecule is CN(C)C(=O)COc1ccc(NC(=O)c2cc(C3CC3)[nH]n2)cc1. The van der Waals surface area contributed by atoms with E-state index >= 15 is 0 Å². The Kier molecular flexibility index (Phi) is 4.50. The van der Waals surface area contributed by atoms with Gasteiger partial charge in [-0.15, -0.1) is 0 Å². The lowest BCUT2D eigenvalue weighted by molar-refractivity contribution is -0.130. The van der Waals surface area contributed by atoms with Crippen molar-refractivity contribution in [1.82, 2.24) is 15.1 Å². The molecule has 1 aromatic heterocycles. The Labute approximate surface area is 140 Å². The molecule has 1 heterocycles. The van der Waals surface area contributed by atoms with E-state index in [0.29, 0.717) is 23.0 Å². The van der Waals surface area contributed by atoms with Gasteiger partial charge in [-0.1, -0.05) is 0 Å². The number of benzene rings is 1. The number of rotatable bonds is 6. The third-order valence-corrected chi connectivity index (χ3v) is 3.82. The number of likely N-dealkylation sites (N-methyl/N-ethyl adjacent to an activating group) is 1. The molecule has 126 valence electrons. The van der Waals surface area contributed by atoms with Crippen LogP contribution in [0.4, 0.5) is 5.69 Å². The van der Waals surface area contributed by atoms with Gasteiger partial charge in [-0.05, 0) is 43.2 Å². The molecule has 1 aliphatic carbocycles. The minimum atomic E-state index is -0.255. The zero-order valence-electron chi connectivity index (χ0n) is 13.7. The molecule has 2 aromatic rings. The van der Waals surface area contributed by atoms with E-state index in [0.717, 1.165) is 18.5 Å². The summed E-state index contributed by atoms with van der Waals surface area (Å²) in [7, 11) is 3.35. The van der Waals surface area contributed by atoms with Crippen LogP contribution in [0.1, 0.15) is 34.9 Å². The Hall–Kier alpha value is -2.83. The molecule has 2 N–H and O–H groups in total. The van der Waals surface area contributed by atoms with Crippen molar-refractivity contribution in [2.24, 2.45) is 0 Å². The highest BCUT2D eigenvalue weighted by Gasteiger charge is 2.26. The molecule has 0 bridgehead atoms. The van der Waals surface area contributed by atoms with Gasteiger partial charge in [0, 0.05) is 31.4 Å². The molecule has 0 spiro atoms. The Bertz CT molecular complexity index is 733. The van der Waals surface area contributed by atoms with Crippen LogP contribution < -0.4 is 10.1 Å². The zero-order valence-corrected chi connectivity index (χ0v) is 13.7. The van der Waals surface area contributed by atoms with Gasteiger partial charge in [-0.25, -0.2) is 0 Å². The molecule has 2 amide bonds. The van der Waals surface area contributed by atoms with Crippen molar-refractivity contribution in [3.8, 4) is 5.75 Å². The largest absolute Gasteiger partial charge is 0.484 e. The van der Waals surface area contributed by atoms with Gasteiger partial charge in [-0.3, -0.25) is 14.7 Å². The van der Waals surface area contributed by atoms with Crippen molar-refractivity contribution in [2.45, 2.75) is 18.8 Å². The van der Waals surface area contributed by atoms with Crippen LogP contribution in [-0.2, 0) is 4.79 Å². The Morgan fingerprint density at radius 3 is 2.62 bits per heavy atom. The van der Waals surface area contributed by atoms with Gasteiger partial charge < -0.3 is 15.0 Å². The first-order chi connectivity index (χ1) is 11.5. The summed E-state index contributed by atoms with van der Waals surface area (Å²) >= 11 is 0. The van der Waals surface area contributed by atoms with Crippen molar-refractivity contribution in [2.75, 3.05) is 26.0 Å². The van der Waals surface area contributed by atoms with Crippen LogP contribution in [0.5, 0.6) is 5.75 Å². The van der Waals surface area contributed by atoms with E-state index in [1.165, 1.54) is 4.90 Å². The third kappa shape index (κ3) is 3.92. The summed E-state index contributed by atoms with van der Waals surface area (Å²) in [6, 6.07) is 8.67. The summed E-state index contributed by atoms with van der Waals surface area (Å²) in [5.41, 5.74) is 2.05. The number of H-pyrrole nitrogens is 1. The summed E-state index contributed by atoms with van der Waals surface area (Å²) < 4.78 is 5.39. The standard InChI is InChI=1S/C17H20N4O3/c1-21(2)16(22)10-24-13-7-5-12(6-8-13)18-17(23)15-9-14(19-20-15)11-3-4-11/h5-9,11H,3-4,10H2,1-2H3,(H,18,23)(H,19,20). The van der Waals surface area contributed by atoms with Gasteiger partial charge in [0.05, 0.1) is 0 Å². The van der Waals surface area contributed by atoms with Crippen molar-refractivity contribution in [3.05, 3.63) is 41.7 Å². The first kappa shape index (κ1) is 16.0. The molecular formula is C17H20N4O3. The molecule has 7 nitrogen and oxygen atoms in total. The quantitative estimate of drug-likeness (QED) is 0.849. The highest BCUT2D eigenvalue weighted by Crippen LogP contribution is 2.39. The van der Waals surface area contributed by atoms with Crippen molar-refractivity contribution in [3.63, 3.8) is 0 Å². The van der Waals surface area contributed by atoms with E-state index in [-0.39, 0.29) is 18.4 Å². The van der Waals surface area contributed by atoms with Crippen LogP contribution in [0.2, 0.25) is 0 Å². The van der Waals surface area contributed by atoms with Crippen molar-refractivity contribution < 1.29 is 14.3 Å². The van der Waals surface area contributed by atoms with E-state index in [1.807, 2.05) is 0 Å². The van der Waals surface area contributed by atoms with Gasteiger partial charge in [0.2, 0.25) is 0 Å². The number of hydrogen-bond acceptors (Lipinski definition) is 4. The number of hydrogen-bond donors (Lipinski definition) is 2. The number of aromatic amines is 1. The smallest absolute Gasteiger partial charge is 0.276 e. The van der Waals surface area contributed by atoms with Crippen LogP contribution in [0.3, 0.4) is 0 Å². The van der Waals surface area contributed by atoms with Crippen LogP contribution in [0.15, 0.2) is 30.3 Å². The number of amides is 2. The molecular weight excluding hydrogens is 308 g/mol. The van der Waals surface area contributed by atoms with E-state index in [1.54, 1.807) is 44.4 Å². The average Bonchev–Trinajstić information content (AvgIpc) is 3.30. The Morgan fingerprint density at radius 2 is 2.00 bits per heavy atom. The van der Waals surface area contributed by atoms with E-state index < -0.39 is 0 Å². The first-order valence-corrected chi connectivity index (χ1v) is 7.82. The Morgan fingerprint density at radius 1 is 1.29 bits per heavy atom. The summed E-state index contributed by atoms with van der Waals surface area (Å²) in [4.78, 5) is 25.1. The summed E-state index contributed by atoms with van der Waals surface area (Å²) in [5, 5.41) is 9.75. The molecule has 1 aliphatic rings. The highest BCUT2D eigenvalue weighted by atomic mass is 16.5. The molecule has 0 radical (unpaired) electrons. The molecule has 0 saturated heterocycles. The number of nitrogens with one attached hydrogen (secondary N) is 2. The van der Waals surface area contributed by atoms with E-state index in [9.17, 15) is 9.59 Å². The number of carbonyl (C=O) groups excluding carboxylic acids is 2. The minimum Gasteiger partial charge on any atom is -0.484 e. The lowest BCUT2D eigenvalue weighted by Crippen LogP contribution is -2.27. The minimum absolute atomic E-state index is 0.0179. The molecule has 0 aliphatic heterocycles. The number of aromatic nitrogens is 2. The second-order valence-electron chi connectivity index (χ2n) is 6.04. The maximum absolute atomic E-state index is 12.2. The summed E-state index contributed by atoms with van der Waals surface area (Å²) in [6.45, 7) is -0.0179. The molecule has 1 saturated carbocycles. The fourth-order valence-electron chi connectivity index (χ4n) is 2.16. The topological polar surface area (TPSA) is 87.3 Å². The monoisotopic (exact) mass is 328 g/mol. The van der Waals surface area contributed by atoms with Crippen LogP contribution in [0.25, 0.3) is 0 Å². The predicted molar refractivity (Wildman–Crippen MR) is 89.1 cm³/mol. The lowest BCUT2D eigenvalue weighted by Gasteiger charge is -2.11. The van der Waals surface area contributed by atoms with Crippen LogP contribution in [0, 0.1) is 0 Å². The fraction of sp³-hybridized carbons (Fsp3) is 0.353. The molecule has 0 atom stereocenters. The molecule has 0 unspecified atom stereocenters. The second kappa shape index (κ2) is 6.74. The van der Waals surface area contributed by atoms with Gasteiger partial charge in [0.25, 0.3) is 11.8 Å². The highest BCUT2D eigenvalue weighted by molar-refractivity contribution is 6.02. The number of anilines is 1. The first-order valence-electron chi connectivity index (χ1n) is 7.82. The number of carbonyl (C=O) groups is 2. The predicted octanol–water partition coefficient (Wildman–Crippen LogP) is 2.01. The lowest BCUT2D eigenvalue weighted by atomic mass is 10.2. The van der Waals surface area contributed by atoms with E-state index in [2.05, 4.69) is 15.5 Å². The third-order valence-electron chi connectivity index (χ3n) is 3.82. The normalized spacial score (nSPS) is 13.4. The molecule has 24 heavy (non-hydrogen) atoms. The number of nitrogens with zero attached hydrogens (tertiary/aromatic N) is 2. The van der Waals surface area contributed by atoms with Gasteiger partial charge >= 0.3 is 0 Å². The number of ether oxygens (including phenoxy) is 1. The van der Waals surface area contributed by atoms with Crippen LogP contribution >= 0.6 is 0 Å². The average molecular weight is 328 g/mol. The van der Waals surface area contributed by atoms with Crippen LogP contribution in [-0.4, -0.2) is 47.6 Å². The summed E-state index contributed by atoms with van der Waals surface area (Å²) in [6.07, 6.45) is 2.31. The fourth-order valence-corrected chi connectivity index (χ4v) is 2.16. The van der Waals surface area contributed by atoms with Gasteiger partial charge in [0.15, 0.2) is 12.3 Å². The van der Waals surface area contributed by atoms with Crippen molar-refractivity contribution >= 4 is 17.5 Å². The maximum atomic E-state index is 12.2. The summed E-state index contributed by atoms with van der Waals surface area (Å²) in [5.74, 6) is 0.728. The van der Waals surface area contributed by atoms with Gasteiger partial charge in [-0.2, -0.15) is 5.10 Å². The maximum Gasteiger partial charge on any atom is 0.276 e. The zero-order chi connectivity index (χ0) is 17.1. The molecule has 7 heteroatoms. The Balaban J connectivity index is 1.55. The molecule has 1 fully saturated rings. The van der Waals surface area contributed by atoms with Crippen molar-refractivity contribution in [1.29, 1.82) is 0 Å². The molecule has 3 rings (SSSR count). The van der Waals surface area contributed by atoms with Gasteiger partial charge in [0.1, 0.15) is 5.75 Å². The van der Waals surface area contributed by atoms with E-state index in [4.69, 9.17) is 4.74 Å². The second-order valence-corrected chi connectivity index (χ2v) is 6.04.